The van der Waals surface area contributed by atoms with Gasteiger partial charge in [-0.25, -0.2) is 4.98 Å². The second-order valence-corrected chi connectivity index (χ2v) is 4.51. The number of aryl methyl sites for hydroxylation is 2. The number of likely N-dealkylation sites (tertiary alicyclic amines) is 1. The molecule has 1 aromatic heterocycles. The summed E-state index contributed by atoms with van der Waals surface area (Å²) in [7, 11) is 0. The largest absolute Gasteiger partial charge is 0.335 e. The van der Waals surface area contributed by atoms with E-state index in [1.54, 1.807) is 0 Å². The average molecular weight is 207 g/mol. The van der Waals surface area contributed by atoms with Gasteiger partial charge in [-0.15, -0.1) is 0 Å². The number of imidazole rings is 1. The first-order chi connectivity index (χ1) is 7.27. The smallest absolute Gasteiger partial charge is 0.0951 e. The molecule has 1 aliphatic rings. The molecule has 1 saturated heterocycles. The van der Waals surface area contributed by atoms with Crippen molar-refractivity contribution in [3.8, 4) is 0 Å². The molecule has 0 N–H and O–H groups in total. The van der Waals surface area contributed by atoms with E-state index in [2.05, 4.69) is 28.3 Å². The summed E-state index contributed by atoms with van der Waals surface area (Å²) in [5.41, 5.74) is 2.48. The van der Waals surface area contributed by atoms with Gasteiger partial charge < -0.3 is 9.47 Å². The van der Waals surface area contributed by atoms with Crippen molar-refractivity contribution in [1.29, 1.82) is 0 Å². The molecular weight excluding hydrogens is 186 g/mol. The minimum absolute atomic E-state index is 1.11. The molecular formula is C12H21N3. The lowest BCUT2D eigenvalue weighted by Crippen LogP contribution is -2.21. The monoisotopic (exact) mass is 207 g/mol. The van der Waals surface area contributed by atoms with Crippen LogP contribution in [0.2, 0.25) is 0 Å². The Balaban J connectivity index is 1.75. The van der Waals surface area contributed by atoms with E-state index in [0.29, 0.717) is 0 Å². The number of nitrogens with zero attached hydrogens (tertiary/aromatic N) is 3. The van der Waals surface area contributed by atoms with Crippen molar-refractivity contribution in [2.24, 2.45) is 0 Å². The van der Waals surface area contributed by atoms with E-state index >= 15 is 0 Å². The van der Waals surface area contributed by atoms with Crippen LogP contribution in [-0.2, 0) is 6.54 Å². The Bertz CT molecular complexity index is 311. The summed E-state index contributed by atoms with van der Waals surface area (Å²) in [5.74, 6) is 0. The van der Waals surface area contributed by atoms with E-state index in [0.717, 1.165) is 12.2 Å². The van der Waals surface area contributed by atoms with Crippen LogP contribution in [0.4, 0.5) is 0 Å². The Labute approximate surface area is 92.1 Å². The minimum Gasteiger partial charge on any atom is -0.335 e. The zero-order valence-corrected chi connectivity index (χ0v) is 9.87. The van der Waals surface area contributed by atoms with Crippen LogP contribution in [0.5, 0.6) is 0 Å². The molecule has 0 saturated carbocycles. The van der Waals surface area contributed by atoms with Crippen molar-refractivity contribution in [3.63, 3.8) is 0 Å². The molecule has 2 heterocycles. The molecule has 3 nitrogen and oxygen atoms in total. The Hall–Kier alpha value is -0.830. The predicted octanol–water partition coefficient (Wildman–Crippen LogP) is 1.99. The number of hydrogen-bond acceptors (Lipinski definition) is 2. The summed E-state index contributed by atoms with van der Waals surface area (Å²) in [6.07, 6.45) is 6.00. The van der Waals surface area contributed by atoms with Crippen molar-refractivity contribution in [2.75, 3.05) is 19.6 Å². The average Bonchev–Trinajstić information content (AvgIpc) is 2.83. The fourth-order valence-electron chi connectivity index (χ4n) is 2.24. The highest BCUT2D eigenvalue weighted by Crippen LogP contribution is 2.09. The van der Waals surface area contributed by atoms with Crippen LogP contribution in [0.1, 0.15) is 30.7 Å². The first-order valence-corrected chi connectivity index (χ1v) is 5.98. The molecule has 0 aliphatic carbocycles. The third-order valence-electron chi connectivity index (χ3n) is 3.42. The molecule has 1 aliphatic heterocycles. The van der Waals surface area contributed by atoms with E-state index in [9.17, 15) is 0 Å². The van der Waals surface area contributed by atoms with Crippen molar-refractivity contribution in [3.05, 3.63) is 17.7 Å². The molecule has 0 unspecified atom stereocenters. The van der Waals surface area contributed by atoms with Crippen LogP contribution in [0.15, 0.2) is 6.33 Å². The maximum absolute atomic E-state index is 4.32. The van der Waals surface area contributed by atoms with Crippen LogP contribution in [0.25, 0.3) is 0 Å². The number of hydrogen-bond donors (Lipinski definition) is 0. The van der Waals surface area contributed by atoms with E-state index in [1.165, 1.54) is 44.6 Å². The molecule has 1 fully saturated rings. The summed E-state index contributed by atoms with van der Waals surface area (Å²) < 4.78 is 2.27. The van der Waals surface area contributed by atoms with E-state index in [1.807, 2.05) is 6.33 Å². The van der Waals surface area contributed by atoms with Gasteiger partial charge in [0.25, 0.3) is 0 Å². The van der Waals surface area contributed by atoms with Crippen LogP contribution in [0, 0.1) is 13.8 Å². The summed E-state index contributed by atoms with van der Waals surface area (Å²) in [6.45, 7) is 9.20. The van der Waals surface area contributed by atoms with E-state index < -0.39 is 0 Å². The van der Waals surface area contributed by atoms with E-state index in [-0.39, 0.29) is 0 Å². The highest BCUT2D eigenvalue weighted by Gasteiger charge is 2.10. The lowest BCUT2D eigenvalue weighted by molar-refractivity contribution is 0.325. The van der Waals surface area contributed by atoms with Gasteiger partial charge in [-0.3, -0.25) is 0 Å². The highest BCUT2D eigenvalue weighted by atomic mass is 15.1. The van der Waals surface area contributed by atoms with Crippen LogP contribution >= 0.6 is 0 Å². The zero-order valence-electron chi connectivity index (χ0n) is 9.87. The van der Waals surface area contributed by atoms with Gasteiger partial charge in [0.15, 0.2) is 0 Å². The van der Waals surface area contributed by atoms with Crippen molar-refractivity contribution in [2.45, 2.75) is 39.7 Å². The lowest BCUT2D eigenvalue weighted by atomic mass is 10.3. The standard InChI is InChI=1S/C12H21N3/c1-11-12(2)15(10-13-11)9-5-8-14-6-3-4-7-14/h10H,3-9H2,1-2H3. The Morgan fingerprint density at radius 3 is 2.53 bits per heavy atom. The fraction of sp³-hybridized carbons (Fsp3) is 0.750. The third kappa shape index (κ3) is 2.59. The maximum Gasteiger partial charge on any atom is 0.0951 e. The molecule has 0 aromatic carbocycles. The molecule has 0 bridgehead atoms. The van der Waals surface area contributed by atoms with Gasteiger partial charge in [0.05, 0.1) is 12.0 Å². The molecule has 0 amide bonds. The van der Waals surface area contributed by atoms with Gasteiger partial charge in [0, 0.05) is 12.2 Å². The topological polar surface area (TPSA) is 21.1 Å². The molecule has 1 aromatic rings. The van der Waals surface area contributed by atoms with Crippen molar-refractivity contribution < 1.29 is 0 Å². The molecule has 0 atom stereocenters. The fourth-order valence-corrected chi connectivity index (χ4v) is 2.24. The molecule has 3 heteroatoms. The SMILES string of the molecule is Cc1ncn(CCCN2CCCC2)c1C. The Morgan fingerprint density at radius 2 is 1.93 bits per heavy atom. The molecule has 15 heavy (non-hydrogen) atoms. The van der Waals surface area contributed by atoms with Crippen LogP contribution in [-0.4, -0.2) is 34.1 Å². The Kier molecular flexibility index (Phi) is 3.41. The first kappa shape index (κ1) is 10.7. The van der Waals surface area contributed by atoms with Gasteiger partial charge >= 0.3 is 0 Å². The van der Waals surface area contributed by atoms with Gasteiger partial charge in [0.1, 0.15) is 0 Å². The highest BCUT2D eigenvalue weighted by molar-refractivity contribution is 5.08. The Morgan fingerprint density at radius 1 is 1.20 bits per heavy atom. The third-order valence-corrected chi connectivity index (χ3v) is 3.42. The van der Waals surface area contributed by atoms with Gasteiger partial charge in [-0.05, 0) is 52.7 Å². The summed E-state index contributed by atoms with van der Waals surface area (Å²) in [4.78, 5) is 6.88. The normalized spacial score (nSPS) is 17.5. The second-order valence-electron chi connectivity index (χ2n) is 4.51. The lowest BCUT2D eigenvalue weighted by Gasteiger charge is -2.14. The number of rotatable bonds is 4. The predicted molar refractivity (Wildman–Crippen MR) is 62.0 cm³/mol. The second kappa shape index (κ2) is 4.79. The van der Waals surface area contributed by atoms with Gasteiger partial charge in [0.2, 0.25) is 0 Å². The minimum atomic E-state index is 1.11. The molecule has 0 radical (unpaired) electrons. The quantitative estimate of drug-likeness (QED) is 0.753. The molecule has 0 spiro atoms. The summed E-state index contributed by atoms with van der Waals surface area (Å²) in [6, 6.07) is 0. The maximum atomic E-state index is 4.32. The summed E-state index contributed by atoms with van der Waals surface area (Å²) in [5, 5.41) is 0. The van der Waals surface area contributed by atoms with Crippen LogP contribution < -0.4 is 0 Å². The van der Waals surface area contributed by atoms with E-state index in [4.69, 9.17) is 0 Å². The molecule has 2 rings (SSSR count). The van der Waals surface area contributed by atoms with Crippen molar-refractivity contribution in [1.82, 2.24) is 14.5 Å². The van der Waals surface area contributed by atoms with Crippen molar-refractivity contribution >= 4 is 0 Å². The zero-order chi connectivity index (χ0) is 10.7. The summed E-state index contributed by atoms with van der Waals surface area (Å²) >= 11 is 0. The molecule has 84 valence electrons. The van der Waals surface area contributed by atoms with Gasteiger partial charge in [-0.2, -0.15) is 0 Å². The van der Waals surface area contributed by atoms with Crippen LogP contribution in [0.3, 0.4) is 0 Å². The first-order valence-electron chi connectivity index (χ1n) is 5.98. The number of aromatic nitrogens is 2. The van der Waals surface area contributed by atoms with Gasteiger partial charge in [-0.1, -0.05) is 0 Å².